The fourth-order valence-corrected chi connectivity index (χ4v) is 4.07. The Bertz CT molecular complexity index is 707. The van der Waals surface area contributed by atoms with Gasteiger partial charge in [0.1, 0.15) is 0 Å². The Morgan fingerprint density at radius 1 is 1.10 bits per heavy atom. The molecule has 3 nitrogen and oxygen atoms in total. The number of thiazole rings is 1. The molecule has 20 heavy (non-hydrogen) atoms. The average Bonchev–Trinajstić information content (AvgIpc) is 2.88. The van der Waals surface area contributed by atoms with Crippen LogP contribution < -0.4 is 5.11 Å². The first-order valence-corrected chi connectivity index (χ1v) is 7.72. The van der Waals surface area contributed by atoms with Crippen LogP contribution in [-0.4, -0.2) is 11.0 Å². The molecule has 1 heterocycles. The van der Waals surface area contributed by atoms with Crippen LogP contribution in [0.3, 0.4) is 0 Å². The first kappa shape index (κ1) is 13.1. The summed E-state index contributed by atoms with van der Waals surface area (Å²) in [4.78, 5) is 15.8. The lowest BCUT2D eigenvalue weighted by Gasteiger charge is -2.16. The largest absolute Gasteiger partial charge is 0.549 e. The minimum atomic E-state index is -1.10. The van der Waals surface area contributed by atoms with E-state index in [1.807, 2.05) is 42.5 Å². The molecule has 3 aromatic rings. The summed E-state index contributed by atoms with van der Waals surface area (Å²) in [5.41, 5.74) is 1.61. The molecule has 1 aromatic heterocycles. The third-order valence-corrected chi connectivity index (χ3v) is 5.17. The second kappa shape index (κ2) is 5.64. The SMILES string of the molecule is O=C([O-])[C@H](Sc1nc2ccccc2s1)c1ccccc1. The monoisotopic (exact) mass is 300 g/mol. The lowest BCUT2D eigenvalue weighted by atomic mass is 10.1. The first-order chi connectivity index (χ1) is 9.74. The van der Waals surface area contributed by atoms with E-state index >= 15 is 0 Å². The molecule has 100 valence electrons. The molecule has 0 bridgehead atoms. The van der Waals surface area contributed by atoms with Crippen LogP contribution in [0.4, 0.5) is 0 Å². The molecule has 0 amide bonds. The van der Waals surface area contributed by atoms with Gasteiger partial charge in [0.2, 0.25) is 0 Å². The quantitative estimate of drug-likeness (QED) is 0.695. The topological polar surface area (TPSA) is 53.0 Å². The summed E-state index contributed by atoms with van der Waals surface area (Å²) < 4.78 is 1.80. The highest BCUT2D eigenvalue weighted by Crippen LogP contribution is 2.38. The van der Waals surface area contributed by atoms with Gasteiger partial charge >= 0.3 is 0 Å². The first-order valence-electron chi connectivity index (χ1n) is 6.02. The lowest BCUT2D eigenvalue weighted by molar-refractivity contribution is -0.305. The van der Waals surface area contributed by atoms with Gasteiger partial charge in [0.05, 0.1) is 21.4 Å². The Hall–Kier alpha value is -1.85. The number of hydrogen-bond donors (Lipinski definition) is 0. The van der Waals surface area contributed by atoms with Gasteiger partial charge < -0.3 is 9.90 Å². The molecular formula is C15H10NO2S2-. The third kappa shape index (κ3) is 2.69. The van der Waals surface area contributed by atoms with E-state index in [0.717, 1.165) is 20.1 Å². The number of carbonyl (C=O) groups excluding carboxylic acids is 1. The highest BCUT2D eigenvalue weighted by molar-refractivity contribution is 8.02. The molecule has 0 fully saturated rings. The van der Waals surface area contributed by atoms with Gasteiger partial charge in [0.15, 0.2) is 4.34 Å². The van der Waals surface area contributed by atoms with Crippen molar-refractivity contribution in [3.05, 3.63) is 60.2 Å². The summed E-state index contributed by atoms with van der Waals surface area (Å²) in [6.07, 6.45) is 0. The van der Waals surface area contributed by atoms with Gasteiger partial charge in [0, 0.05) is 0 Å². The van der Waals surface area contributed by atoms with Gasteiger partial charge in [-0.15, -0.1) is 11.3 Å². The number of nitrogens with zero attached hydrogens (tertiary/aromatic N) is 1. The van der Waals surface area contributed by atoms with Crippen molar-refractivity contribution in [2.75, 3.05) is 0 Å². The maximum Gasteiger partial charge on any atom is 0.152 e. The Labute approximate surface area is 124 Å². The van der Waals surface area contributed by atoms with Gasteiger partial charge in [-0.05, 0) is 17.7 Å². The number of aliphatic carboxylic acids is 1. The number of rotatable bonds is 4. The molecule has 3 rings (SSSR count). The van der Waals surface area contributed by atoms with Gasteiger partial charge in [0.25, 0.3) is 0 Å². The second-order valence-corrected chi connectivity index (χ2v) is 6.56. The van der Waals surface area contributed by atoms with E-state index in [9.17, 15) is 9.90 Å². The molecule has 0 spiro atoms. The Balaban J connectivity index is 1.92. The van der Waals surface area contributed by atoms with Crippen LogP contribution in [0, 0.1) is 0 Å². The maximum atomic E-state index is 11.4. The van der Waals surface area contributed by atoms with E-state index in [-0.39, 0.29) is 0 Å². The van der Waals surface area contributed by atoms with Crippen LogP contribution in [0.2, 0.25) is 0 Å². The smallest absolute Gasteiger partial charge is 0.152 e. The van der Waals surface area contributed by atoms with Crippen LogP contribution in [0.1, 0.15) is 10.8 Å². The third-order valence-electron chi connectivity index (χ3n) is 2.81. The summed E-state index contributed by atoms with van der Waals surface area (Å²) in [7, 11) is 0. The zero-order chi connectivity index (χ0) is 13.9. The fourth-order valence-electron chi connectivity index (χ4n) is 1.88. The number of carboxylic acid groups (broad SMARTS) is 1. The predicted molar refractivity (Wildman–Crippen MR) is 79.7 cm³/mol. The van der Waals surface area contributed by atoms with Crippen LogP contribution in [0.15, 0.2) is 58.9 Å². The number of thioether (sulfide) groups is 1. The molecule has 0 aliphatic carbocycles. The van der Waals surface area contributed by atoms with Crippen molar-refractivity contribution < 1.29 is 9.90 Å². The summed E-state index contributed by atoms with van der Waals surface area (Å²) in [6.45, 7) is 0. The minimum absolute atomic E-state index is 0.719. The highest BCUT2D eigenvalue weighted by Gasteiger charge is 2.16. The average molecular weight is 300 g/mol. The standard InChI is InChI=1S/C15H11NO2S2/c17-14(18)13(10-6-2-1-3-7-10)20-15-16-11-8-4-5-9-12(11)19-15/h1-9,13H,(H,17,18)/p-1/t13-/m1/s1. The van der Waals surface area contributed by atoms with E-state index in [2.05, 4.69) is 4.98 Å². The van der Waals surface area contributed by atoms with Gasteiger partial charge in [-0.3, -0.25) is 0 Å². The maximum absolute atomic E-state index is 11.4. The molecule has 0 saturated heterocycles. The van der Waals surface area contributed by atoms with Crippen LogP contribution in [0.25, 0.3) is 10.2 Å². The summed E-state index contributed by atoms with van der Waals surface area (Å²) in [6, 6.07) is 16.9. The zero-order valence-corrected chi connectivity index (χ0v) is 12.0. The van der Waals surface area contributed by atoms with E-state index in [1.165, 1.54) is 23.1 Å². The number of aromatic nitrogens is 1. The predicted octanol–water partition coefficient (Wildman–Crippen LogP) is 2.88. The Morgan fingerprint density at radius 3 is 2.50 bits per heavy atom. The molecule has 0 aliphatic heterocycles. The van der Waals surface area contributed by atoms with Crippen molar-refractivity contribution in [3.8, 4) is 0 Å². The van der Waals surface area contributed by atoms with Crippen molar-refractivity contribution in [1.82, 2.24) is 4.98 Å². The molecule has 0 radical (unpaired) electrons. The number of carboxylic acids is 1. The van der Waals surface area contributed by atoms with Crippen molar-refractivity contribution in [1.29, 1.82) is 0 Å². The van der Waals surface area contributed by atoms with Crippen molar-refractivity contribution in [2.45, 2.75) is 9.59 Å². The lowest BCUT2D eigenvalue weighted by Crippen LogP contribution is -2.27. The highest BCUT2D eigenvalue weighted by atomic mass is 32.2. The molecule has 0 aliphatic rings. The van der Waals surface area contributed by atoms with E-state index < -0.39 is 11.2 Å². The van der Waals surface area contributed by atoms with E-state index in [0.29, 0.717) is 0 Å². The zero-order valence-electron chi connectivity index (χ0n) is 10.4. The van der Waals surface area contributed by atoms with Crippen molar-refractivity contribution in [3.63, 3.8) is 0 Å². The minimum Gasteiger partial charge on any atom is -0.549 e. The van der Waals surface area contributed by atoms with Crippen LogP contribution in [0.5, 0.6) is 0 Å². The Kier molecular flexibility index (Phi) is 3.71. The second-order valence-electron chi connectivity index (χ2n) is 4.18. The van der Waals surface area contributed by atoms with Gasteiger partial charge in [-0.1, -0.05) is 54.2 Å². The van der Waals surface area contributed by atoms with Crippen molar-refractivity contribution in [2.24, 2.45) is 0 Å². The molecule has 0 N–H and O–H groups in total. The Morgan fingerprint density at radius 2 is 1.80 bits per heavy atom. The molecule has 0 unspecified atom stereocenters. The molecule has 0 saturated carbocycles. The van der Waals surface area contributed by atoms with Gasteiger partial charge in [-0.2, -0.15) is 0 Å². The molecular weight excluding hydrogens is 290 g/mol. The number of fused-ring (bicyclic) bond motifs is 1. The van der Waals surface area contributed by atoms with Crippen LogP contribution in [-0.2, 0) is 4.79 Å². The number of hydrogen-bond acceptors (Lipinski definition) is 5. The van der Waals surface area contributed by atoms with E-state index in [1.54, 1.807) is 12.1 Å². The molecule has 1 atom stereocenters. The number of benzene rings is 2. The molecule has 5 heteroatoms. The normalized spacial score (nSPS) is 12.4. The van der Waals surface area contributed by atoms with Crippen molar-refractivity contribution >= 4 is 39.3 Å². The van der Waals surface area contributed by atoms with Crippen LogP contribution >= 0.6 is 23.1 Å². The fraction of sp³-hybridized carbons (Fsp3) is 0.0667. The molecule has 2 aromatic carbocycles. The van der Waals surface area contributed by atoms with E-state index in [4.69, 9.17) is 0 Å². The number of para-hydroxylation sites is 1. The summed E-state index contributed by atoms with van der Waals surface area (Å²) >= 11 is 2.72. The number of carbonyl (C=O) groups is 1. The summed E-state index contributed by atoms with van der Waals surface area (Å²) in [5.74, 6) is -1.10. The summed E-state index contributed by atoms with van der Waals surface area (Å²) in [5, 5.41) is 10.6. The van der Waals surface area contributed by atoms with Gasteiger partial charge in [-0.25, -0.2) is 4.98 Å².